The summed E-state index contributed by atoms with van der Waals surface area (Å²) in [6, 6.07) is 9.26. The van der Waals surface area contributed by atoms with Gasteiger partial charge >= 0.3 is 5.97 Å². The smallest absolute Gasteiger partial charge is 0.324 e. The van der Waals surface area contributed by atoms with Gasteiger partial charge in [0, 0.05) is 13.3 Å². The number of aliphatic carboxylic acids is 1. The van der Waals surface area contributed by atoms with Gasteiger partial charge < -0.3 is 15.3 Å². The Bertz CT molecular complexity index is 636. The topological polar surface area (TPSA) is 86.7 Å². The zero-order valence-electron chi connectivity index (χ0n) is 12.0. The standard InChI is InChI=1S/C15H16N2O4S/c1-9(18)16-13-15(14(20)21,8-10-5-3-2-4-6-10)22-12-7-11(19)17(12)13/h2-6,12-13H,7-8H2,1H3,(H,16,18)(H,20,21)/t12-,13?,15?/m1/s1. The molecule has 2 amide bonds. The summed E-state index contributed by atoms with van der Waals surface area (Å²) in [5.41, 5.74) is 0.864. The molecule has 7 heteroatoms. The Kier molecular flexibility index (Phi) is 3.60. The molecule has 0 spiro atoms. The molecular formula is C15H16N2O4S. The van der Waals surface area contributed by atoms with E-state index in [0.717, 1.165) is 5.56 Å². The number of thioether (sulfide) groups is 1. The molecule has 3 atom stereocenters. The average molecular weight is 320 g/mol. The first-order valence-electron chi connectivity index (χ1n) is 6.97. The largest absolute Gasteiger partial charge is 0.480 e. The van der Waals surface area contributed by atoms with E-state index in [1.165, 1.54) is 23.6 Å². The molecule has 0 radical (unpaired) electrons. The van der Waals surface area contributed by atoms with Crippen molar-refractivity contribution in [2.24, 2.45) is 0 Å². The lowest BCUT2D eigenvalue weighted by Gasteiger charge is -2.39. The van der Waals surface area contributed by atoms with Crippen LogP contribution in [0.4, 0.5) is 0 Å². The van der Waals surface area contributed by atoms with Crippen LogP contribution in [0, 0.1) is 0 Å². The van der Waals surface area contributed by atoms with Crippen molar-refractivity contribution in [3.05, 3.63) is 35.9 Å². The number of nitrogens with one attached hydrogen (secondary N) is 1. The van der Waals surface area contributed by atoms with E-state index < -0.39 is 16.9 Å². The van der Waals surface area contributed by atoms with Crippen molar-refractivity contribution in [3.63, 3.8) is 0 Å². The molecule has 116 valence electrons. The van der Waals surface area contributed by atoms with Crippen molar-refractivity contribution >= 4 is 29.5 Å². The number of benzene rings is 1. The van der Waals surface area contributed by atoms with Crippen LogP contribution in [0.1, 0.15) is 18.9 Å². The lowest BCUT2D eigenvalue weighted by atomic mass is 9.93. The second-order valence-corrected chi connectivity index (χ2v) is 7.05. The lowest BCUT2D eigenvalue weighted by Crippen LogP contribution is -2.63. The highest BCUT2D eigenvalue weighted by Crippen LogP contribution is 2.51. The van der Waals surface area contributed by atoms with E-state index >= 15 is 0 Å². The highest BCUT2D eigenvalue weighted by molar-refractivity contribution is 8.02. The quantitative estimate of drug-likeness (QED) is 0.802. The summed E-state index contributed by atoms with van der Waals surface area (Å²) in [4.78, 5) is 36.9. The molecule has 1 aromatic carbocycles. The number of carboxylic acids is 1. The number of carbonyl (C=O) groups is 3. The van der Waals surface area contributed by atoms with E-state index in [1.807, 2.05) is 30.3 Å². The molecule has 2 unspecified atom stereocenters. The zero-order chi connectivity index (χ0) is 15.9. The van der Waals surface area contributed by atoms with Crippen molar-refractivity contribution < 1.29 is 19.5 Å². The minimum Gasteiger partial charge on any atom is -0.480 e. The summed E-state index contributed by atoms with van der Waals surface area (Å²) >= 11 is 1.26. The maximum atomic E-state index is 12.0. The highest BCUT2D eigenvalue weighted by atomic mass is 32.2. The van der Waals surface area contributed by atoms with Gasteiger partial charge in [0.25, 0.3) is 0 Å². The van der Waals surface area contributed by atoms with Crippen LogP contribution in [0.3, 0.4) is 0 Å². The molecule has 6 nitrogen and oxygen atoms in total. The Hall–Kier alpha value is -2.02. The number of hydrogen-bond acceptors (Lipinski definition) is 4. The van der Waals surface area contributed by atoms with Crippen LogP contribution in [-0.4, -0.2) is 44.1 Å². The summed E-state index contributed by atoms with van der Waals surface area (Å²) in [7, 11) is 0. The molecule has 0 aliphatic carbocycles. The monoisotopic (exact) mass is 320 g/mol. The van der Waals surface area contributed by atoms with Gasteiger partial charge in [-0.25, -0.2) is 0 Å². The Morgan fingerprint density at radius 3 is 2.64 bits per heavy atom. The first-order chi connectivity index (χ1) is 10.4. The van der Waals surface area contributed by atoms with Gasteiger partial charge in [0.2, 0.25) is 11.8 Å². The van der Waals surface area contributed by atoms with Crippen LogP contribution in [0.15, 0.2) is 30.3 Å². The molecule has 1 aromatic rings. The molecule has 0 bridgehead atoms. The number of amides is 2. The van der Waals surface area contributed by atoms with Gasteiger partial charge in [-0.2, -0.15) is 0 Å². The predicted octanol–water partition coefficient (Wildman–Crippen LogP) is 0.820. The number of carboxylic acid groups (broad SMARTS) is 1. The van der Waals surface area contributed by atoms with Crippen molar-refractivity contribution in [1.29, 1.82) is 0 Å². The van der Waals surface area contributed by atoms with Gasteiger partial charge in [0.05, 0.1) is 11.8 Å². The lowest BCUT2D eigenvalue weighted by molar-refractivity contribution is -0.150. The van der Waals surface area contributed by atoms with Gasteiger partial charge in [-0.15, -0.1) is 11.8 Å². The molecule has 3 rings (SSSR count). The van der Waals surface area contributed by atoms with Crippen LogP contribution in [0.5, 0.6) is 0 Å². The molecule has 2 N–H and O–H groups in total. The molecule has 0 saturated carbocycles. The SMILES string of the molecule is CC(=O)NC1N2C(=O)C[C@H]2SC1(Cc1ccccc1)C(=O)O. The minimum atomic E-state index is -1.26. The summed E-state index contributed by atoms with van der Waals surface area (Å²) in [6.07, 6.45) is -0.247. The highest BCUT2D eigenvalue weighted by Gasteiger charge is 2.63. The number of hydrogen-bond donors (Lipinski definition) is 2. The third kappa shape index (κ3) is 2.25. The Labute approximate surface area is 131 Å². The van der Waals surface area contributed by atoms with Crippen molar-refractivity contribution in [2.75, 3.05) is 0 Å². The second-order valence-electron chi connectivity index (χ2n) is 5.54. The Balaban J connectivity index is 1.98. The first-order valence-corrected chi connectivity index (χ1v) is 7.85. The fourth-order valence-electron chi connectivity index (χ4n) is 3.00. The fourth-order valence-corrected chi connectivity index (χ4v) is 4.72. The molecule has 0 aromatic heterocycles. The molecular weight excluding hydrogens is 304 g/mol. The number of carbonyl (C=O) groups excluding carboxylic acids is 2. The summed E-state index contributed by atoms with van der Waals surface area (Å²) in [5.74, 6) is -1.47. The van der Waals surface area contributed by atoms with Gasteiger partial charge in [-0.3, -0.25) is 14.4 Å². The maximum Gasteiger partial charge on any atom is 0.324 e. The van der Waals surface area contributed by atoms with E-state index in [0.29, 0.717) is 6.42 Å². The Morgan fingerprint density at radius 2 is 2.09 bits per heavy atom. The van der Waals surface area contributed by atoms with Crippen LogP contribution < -0.4 is 5.32 Å². The van der Waals surface area contributed by atoms with Gasteiger partial charge in [-0.1, -0.05) is 30.3 Å². The van der Waals surface area contributed by atoms with E-state index in [1.54, 1.807) is 0 Å². The average Bonchev–Trinajstić information content (AvgIpc) is 2.68. The number of nitrogens with zero attached hydrogens (tertiary/aromatic N) is 1. The molecule has 2 aliphatic heterocycles. The summed E-state index contributed by atoms with van der Waals surface area (Å²) < 4.78 is -1.26. The normalized spacial score (nSPS) is 29.7. The maximum absolute atomic E-state index is 12.0. The van der Waals surface area contributed by atoms with Crippen molar-refractivity contribution in [1.82, 2.24) is 10.2 Å². The fraction of sp³-hybridized carbons (Fsp3) is 0.400. The van der Waals surface area contributed by atoms with E-state index in [-0.39, 0.29) is 23.6 Å². The second kappa shape index (κ2) is 5.31. The minimum absolute atomic E-state index is 0.118. The molecule has 2 aliphatic rings. The van der Waals surface area contributed by atoms with Crippen LogP contribution in [0.25, 0.3) is 0 Å². The van der Waals surface area contributed by atoms with Crippen LogP contribution >= 0.6 is 11.8 Å². The van der Waals surface area contributed by atoms with E-state index in [2.05, 4.69) is 5.32 Å². The van der Waals surface area contributed by atoms with E-state index in [9.17, 15) is 19.5 Å². The summed E-state index contributed by atoms with van der Waals surface area (Å²) in [5, 5.41) is 12.3. The molecule has 22 heavy (non-hydrogen) atoms. The Morgan fingerprint density at radius 1 is 1.41 bits per heavy atom. The predicted molar refractivity (Wildman–Crippen MR) is 81.0 cm³/mol. The van der Waals surface area contributed by atoms with Crippen LogP contribution in [-0.2, 0) is 20.8 Å². The third-order valence-electron chi connectivity index (χ3n) is 4.03. The van der Waals surface area contributed by atoms with Gasteiger partial charge in [0.1, 0.15) is 6.17 Å². The van der Waals surface area contributed by atoms with E-state index in [4.69, 9.17) is 0 Å². The first kappa shape index (κ1) is 14.9. The van der Waals surface area contributed by atoms with Gasteiger partial charge in [0.15, 0.2) is 4.75 Å². The zero-order valence-corrected chi connectivity index (χ0v) is 12.8. The van der Waals surface area contributed by atoms with Crippen LogP contribution in [0.2, 0.25) is 0 Å². The molecule has 2 heterocycles. The van der Waals surface area contributed by atoms with Gasteiger partial charge in [-0.05, 0) is 5.56 Å². The van der Waals surface area contributed by atoms with Crippen molar-refractivity contribution in [2.45, 2.75) is 36.1 Å². The molecule has 2 saturated heterocycles. The number of β-lactam (4-membered cyclic amide) rings is 1. The molecule has 2 fully saturated rings. The third-order valence-corrected chi connectivity index (χ3v) is 5.65. The number of rotatable bonds is 4. The summed E-state index contributed by atoms with van der Waals surface area (Å²) in [6.45, 7) is 1.33. The van der Waals surface area contributed by atoms with Crippen molar-refractivity contribution in [3.8, 4) is 0 Å². The number of fused-ring (bicyclic) bond motifs is 1.